The summed E-state index contributed by atoms with van der Waals surface area (Å²) in [5.74, 6) is 0.0111. The van der Waals surface area contributed by atoms with Crippen molar-refractivity contribution in [3.05, 3.63) is 46.7 Å². The Labute approximate surface area is 202 Å². The van der Waals surface area contributed by atoms with Crippen LogP contribution in [0.3, 0.4) is 0 Å². The first-order valence-electron chi connectivity index (χ1n) is 11.0. The molecule has 4 rings (SSSR count). The minimum atomic E-state index is -3.80. The van der Waals surface area contributed by atoms with Crippen molar-refractivity contribution < 1.29 is 22.5 Å². The topological polar surface area (TPSA) is 122 Å². The summed E-state index contributed by atoms with van der Waals surface area (Å²) in [5, 5.41) is 6.77. The fourth-order valence-electron chi connectivity index (χ4n) is 3.90. The number of aryl methyl sites for hydroxylation is 2. The Balaban J connectivity index is 1.50. The van der Waals surface area contributed by atoms with E-state index in [0.29, 0.717) is 58.5 Å². The lowest BCUT2D eigenvalue weighted by atomic mass is 9.98. The predicted molar refractivity (Wildman–Crippen MR) is 128 cm³/mol. The summed E-state index contributed by atoms with van der Waals surface area (Å²) in [6.07, 6.45) is 1.76. The van der Waals surface area contributed by atoms with Crippen molar-refractivity contribution in [3.8, 4) is 10.7 Å². The van der Waals surface area contributed by atoms with E-state index in [9.17, 15) is 18.0 Å². The van der Waals surface area contributed by atoms with Gasteiger partial charge in [0.2, 0.25) is 27.6 Å². The van der Waals surface area contributed by atoms with Gasteiger partial charge in [0.05, 0.1) is 15.7 Å². The second-order valence-electron chi connectivity index (χ2n) is 8.22. The van der Waals surface area contributed by atoms with Crippen LogP contribution in [-0.2, 0) is 21.2 Å². The number of sulfonamides is 1. The number of aromatic nitrogens is 2. The van der Waals surface area contributed by atoms with Gasteiger partial charge in [0.25, 0.3) is 0 Å². The third-order valence-corrected chi connectivity index (χ3v) is 8.94. The van der Waals surface area contributed by atoms with Gasteiger partial charge in [-0.2, -0.15) is 9.29 Å². The number of anilines is 1. The van der Waals surface area contributed by atoms with Crippen molar-refractivity contribution in [2.24, 2.45) is 5.92 Å². The third kappa shape index (κ3) is 4.96. The number of nitrogens with one attached hydrogen (secondary N) is 1. The summed E-state index contributed by atoms with van der Waals surface area (Å²) in [7, 11) is -3.80. The van der Waals surface area contributed by atoms with Gasteiger partial charge in [-0.15, -0.1) is 11.3 Å². The molecule has 1 amide bonds. The van der Waals surface area contributed by atoms with Gasteiger partial charge < -0.3 is 9.84 Å². The Bertz CT molecular complexity index is 1330. The molecule has 3 aromatic rings. The fourth-order valence-corrected chi connectivity index (χ4v) is 6.91. The standard InChI is InChI=1S/C23H26N4O5S2/c1-4-21-25-22(26-32-21)19-12-20(15(3)33-19)34(30,31)27-10-6-8-17(13-27)23(29)24-18-9-5-7-16(11-18)14(2)28/h5,7,9,11-12,17H,4,6,8,10,13H2,1-3H3,(H,24,29). The molecule has 1 atom stereocenters. The molecule has 1 N–H and O–H groups in total. The summed E-state index contributed by atoms with van der Waals surface area (Å²) in [5.41, 5.74) is 1.02. The number of ketones is 1. The molecule has 9 nitrogen and oxygen atoms in total. The van der Waals surface area contributed by atoms with Crippen LogP contribution in [0.1, 0.15) is 47.8 Å². The molecule has 34 heavy (non-hydrogen) atoms. The molecule has 0 spiro atoms. The van der Waals surface area contributed by atoms with Crippen molar-refractivity contribution in [2.75, 3.05) is 18.4 Å². The number of piperidine rings is 1. The molecule has 1 fully saturated rings. The Morgan fingerprint density at radius 1 is 1.29 bits per heavy atom. The Kier molecular flexibility index (Phi) is 6.96. The van der Waals surface area contributed by atoms with Gasteiger partial charge in [-0.05, 0) is 44.9 Å². The summed E-state index contributed by atoms with van der Waals surface area (Å²) >= 11 is 1.30. The second kappa shape index (κ2) is 9.77. The Morgan fingerprint density at radius 2 is 2.09 bits per heavy atom. The van der Waals surface area contributed by atoms with Gasteiger partial charge in [-0.3, -0.25) is 9.59 Å². The number of carbonyl (C=O) groups excluding carboxylic acids is 2. The largest absolute Gasteiger partial charge is 0.339 e. The molecule has 11 heteroatoms. The Morgan fingerprint density at radius 3 is 2.79 bits per heavy atom. The summed E-state index contributed by atoms with van der Waals surface area (Å²) in [6, 6.07) is 8.29. The van der Waals surface area contributed by atoms with Crippen LogP contribution in [0.25, 0.3) is 10.7 Å². The van der Waals surface area contributed by atoms with Crippen molar-refractivity contribution in [2.45, 2.75) is 44.9 Å². The minimum absolute atomic E-state index is 0.0907. The highest BCUT2D eigenvalue weighted by Crippen LogP contribution is 2.35. The normalized spacial score (nSPS) is 17.0. The predicted octanol–water partition coefficient (Wildman–Crippen LogP) is 3.91. The molecular weight excluding hydrogens is 476 g/mol. The van der Waals surface area contributed by atoms with Gasteiger partial charge in [-0.25, -0.2) is 8.42 Å². The molecule has 0 aliphatic carbocycles. The maximum Gasteiger partial charge on any atom is 0.244 e. The smallest absolute Gasteiger partial charge is 0.244 e. The Hall–Kier alpha value is -2.89. The zero-order valence-corrected chi connectivity index (χ0v) is 20.8. The number of thiophene rings is 1. The molecule has 1 unspecified atom stereocenters. The van der Waals surface area contributed by atoms with Crippen molar-refractivity contribution in [1.82, 2.24) is 14.4 Å². The molecule has 0 radical (unpaired) electrons. The second-order valence-corrected chi connectivity index (χ2v) is 11.4. The van der Waals surface area contributed by atoms with Gasteiger partial charge >= 0.3 is 0 Å². The SMILES string of the molecule is CCc1nc(-c2cc(S(=O)(=O)N3CCCC(C(=O)Nc4cccc(C(C)=O)c4)C3)c(C)s2)no1. The maximum atomic E-state index is 13.5. The molecule has 0 saturated carbocycles. The lowest BCUT2D eigenvalue weighted by Gasteiger charge is -2.31. The fraction of sp³-hybridized carbons (Fsp3) is 0.391. The molecule has 3 heterocycles. The number of hydrogen-bond donors (Lipinski definition) is 1. The van der Waals surface area contributed by atoms with Gasteiger partial charge in [-0.1, -0.05) is 24.2 Å². The molecular formula is C23H26N4O5S2. The first-order valence-corrected chi connectivity index (χ1v) is 13.3. The van der Waals surface area contributed by atoms with Crippen LogP contribution in [0.2, 0.25) is 0 Å². The molecule has 180 valence electrons. The number of hydrogen-bond acceptors (Lipinski definition) is 8. The van der Waals surface area contributed by atoms with E-state index in [1.165, 1.54) is 22.6 Å². The van der Waals surface area contributed by atoms with E-state index >= 15 is 0 Å². The molecule has 2 aromatic heterocycles. The molecule has 0 bridgehead atoms. The maximum absolute atomic E-state index is 13.5. The van der Waals surface area contributed by atoms with Gasteiger partial charge in [0.1, 0.15) is 0 Å². The van der Waals surface area contributed by atoms with Crippen LogP contribution >= 0.6 is 11.3 Å². The third-order valence-electron chi connectivity index (χ3n) is 5.77. The number of rotatable bonds is 7. The van der Waals surface area contributed by atoms with E-state index in [-0.39, 0.29) is 23.1 Å². The van der Waals surface area contributed by atoms with E-state index in [2.05, 4.69) is 15.5 Å². The minimum Gasteiger partial charge on any atom is -0.339 e. The lowest BCUT2D eigenvalue weighted by Crippen LogP contribution is -2.43. The summed E-state index contributed by atoms with van der Waals surface area (Å²) < 4.78 is 33.4. The number of benzene rings is 1. The van der Waals surface area contributed by atoms with Crippen molar-refractivity contribution >= 4 is 38.7 Å². The highest BCUT2D eigenvalue weighted by molar-refractivity contribution is 7.89. The quantitative estimate of drug-likeness (QED) is 0.486. The number of nitrogens with zero attached hydrogens (tertiary/aromatic N) is 3. The summed E-state index contributed by atoms with van der Waals surface area (Å²) in [4.78, 5) is 30.3. The number of Topliss-reactive ketones (excluding diaryl/α,β-unsaturated/α-hetero) is 1. The molecule has 1 aromatic carbocycles. The monoisotopic (exact) mass is 502 g/mol. The van der Waals surface area contributed by atoms with Crippen molar-refractivity contribution in [1.29, 1.82) is 0 Å². The van der Waals surface area contributed by atoms with E-state index in [0.717, 1.165) is 0 Å². The highest BCUT2D eigenvalue weighted by Gasteiger charge is 2.35. The van der Waals surface area contributed by atoms with E-state index in [4.69, 9.17) is 4.52 Å². The van der Waals surface area contributed by atoms with Crippen LogP contribution < -0.4 is 5.32 Å². The average Bonchev–Trinajstić information content (AvgIpc) is 3.46. The highest BCUT2D eigenvalue weighted by atomic mass is 32.2. The van der Waals surface area contributed by atoms with Crippen molar-refractivity contribution in [3.63, 3.8) is 0 Å². The van der Waals surface area contributed by atoms with E-state index in [1.54, 1.807) is 37.3 Å². The van der Waals surface area contributed by atoms with Crippen LogP contribution in [0.4, 0.5) is 5.69 Å². The lowest BCUT2D eigenvalue weighted by molar-refractivity contribution is -0.120. The molecule has 1 aliphatic rings. The van der Waals surface area contributed by atoms with E-state index in [1.807, 2.05) is 6.92 Å². The first-order chi connectivity index (χ1) is 16.2. The molecule has 1 aliphatic heterocycles. The van der Waals surface area contributed by atoms with Gasteiger partial charge in [0.15, 0.2) is 5.78 Å². The molecule has 1 saturated heterocycles. The average molecular weight is 503 g/mol. The zero-order valence-electron chi connectivity index (χ0n) is 19.2. The number of amides is 1. The first kappa shape index (κ1) is 24.2. The van der Waals surface area contributed by atoms with E-state index < -0.39 is 15.9 Å². The zero-order chi connectivity index (χ0) is 24.5. The van der Waals surface area contributed by atoms with Crippen LogP contribution in [0.5, 0.6) is 0 Å². The van der Waals surface area contributed by atoms with Crippen LogP contribution in [0, 0.1) is 12.8 Å². The van der Waals surface area contributed by atoms with Gasteiger partial charge in [0, 0.05) is 35.6 Å². The van der Waals surface area contributed by atoms with Crippen LogP contribution in [0.15, 0.2) is 39.8 Å². The summed E-state index contributed by atoms with van der Waals surface area (Å²) in [6.45, 7) is 5.55. The van der Waals surface area contributed by atoms with Crippen LogP contribution in [-0.4, -0.2) is 47.6 Å². The number of carbonyl (C=O) groups is 2.